The van der Waals surface area contributed by atoms with Gasteiger partial charge in [-0.25, -0.2) is 4.98 Å². The lowest BCUT2D eigenvalue weighted by molar-refractivity contribution is 0.185. The van der Waals surface area contributed by atoms with Gasteiger partial charge in [0, 0.05) is 25.1 Å². The van der Waals surface area contributed by atoms with Gasteiger partial charge in [-0.1, -0.05) is 25.1 Å². The highest BCUT2D eigenvalue weighted by Crippen LogP contribution is 2.42. The zero-order chi connectivity index (χ0) is 14.8. The van der Waals surface area contributed by atoms with Crippen molar-refractivity contribution in [2.75, 3.05) is 12.8 Å². The van der Waals surface area contributed by atoms with Crippen LogP contribution in [0.15, 0.2) is 24.3 Å². The normalized spacial score (nSPS) is 14.6. The van der Waals surface area contributed by atoms with E-state index in [4.69, 9.17) is 15.5 Å². The fraction of sp³-hybridized carbons (Fsp3) is 0.471. The molecule has 0 unspecified atom stereocenters. The Kier molecular flexibility index (Phi) is 3.97. The minimum absolute atomic E-state index is 0.606. The maximum absolute atomic E-state index is 6.38. The first-order valence-corrected chi connectivity index (χ1v) is 7.68. The summed E-state index contributed by atoms with van der Waals surface area (Å²) in [6, 6.07) is 8.30. The molecule has 1 aromatic carbocycles. The van der Waals surface area contributed by atoms with Crippen molar-refractivity contribution in [1.82, 2.24) is 9.55 Å². The molecule has 3 rings (SSSR count). The molecule has 1 aromatic heterocycles. The van der Waals surface area contributed by atoms with Crippen LogP contribution < -0.4 is 5.73 Å². The van der Waals surface area contributed by atoms with Gasteiger partial charge in [-0.3, -0.25) is 0 Å². The topological polar surface area (TPSA) is 53.1 Å². The zero-order valence-corrected chi connectivity index (χ0v) is 12.8. The molecule has 2 aromatic rings. The van der Waals surface area contributed by atoms with Crippen molar-refractivity contribution in [3.63, 3.8) is 0 Å². The first kappa shape index (κ1) is 14.1. The summed E-state index contributed by atoms with van der Waals surface area (Å²) < 4.78 is 7.41. The summed E-state index contributed by atoms with van der Waals surface area (Å²) in [5, 5.41) is 0. The number of nitrogens with zero attached hydrogens (tertiary/aromatic N) is 2. The van der Waals surface area contributed by atoms with Gasteiger partial charge in [0.1, 0.15) is 17.3 Å². The van der Waals surface area contributed by atoms with Crippen LogP contribution in [0.2, 0.25) is 0 Å². The fourth-order valence-electron chi connectivity index (χ4n) is 2.78. The number of benzene rings is 1. The third-order valence-corrected chi connectivity index (χ3v) is 3.94. The van der Waals surface area contributed by atoms with Crippen LogP contribution in [0, 0.1) is 0 Å². The van der Waals surface area contributed by atoms with Gasteiger partial charge >= 0.3 is 0 Å². The van der Waals surface area contributed by atoms with Gasteiger partial charge in [-0.2, -0.15) is 0 Å². The zero-order valence-electron chi connectivity index (χ0n) is 12.8. The summed E-state index contributed by atoms with van der Waals surface area (Å²) in [4.78, 5) is 4.86. The number of methoxy groups -OCH3 is 1. The molecule has 4 nitrogen and oxygen atoms in total. The average molecular weight is 285 g/mol. The molecule has 0 bridgehead atoms. The summed E-state index contributed by atoms with van der Waals surface area (Å²) in [6.07, 6.45) is 3.55. The van der Waals surface area contributed by atoms with Gasteiger partial charge in [-0.05, 0) is 30.9 Å². The molecule has 0 spiro atoms. The van der Waals surface area contributed by atoms with E-state index >= 15 is 0 Å². The minimum Gasteiger partial charge on any atom is -0.383 e. The summed E-state index contributed by atoms with van der Waals surface area (Å²) in [5.41, 5.74) is 9.53. The Morgan fingerprint density at radius 3 is 2.86 bits per heavy atom. The van der Waals surface area contributed by atoms with E-state index in [1.165, 1.54) is 18.7 Å². The molecule has 2 N–H and O–H groups in total. The molecular formula is C17H23N3O. The van der Waals surface area contributed by atoms with Gasteiger partial charge in [-0.15, -0.1) is 0 Å². The van der Waals surface area contributed by atoms with E-state index in [-0.39, 0.29) is 0 Å². The highest BCUT2D eigenvalue weighted by molar-refractivity contribution is 5.71. The lowest BCUT2D eigenvalue weighted by Gasteiger charge is -2.07. The largest absolute Gasteiger partial charge is 0.383 e. The minimum atomic E-state index is 0.606. The molecule has 0 amide bonds. The Morgan fingerprint density at radius 1 is 1.38 bits per heavy atom. The quantitative estimate of drug-likeness (QED) is 0.882. The molecule has 0 aliphatic heterocycles. The van der Waals surface area contributed by atoms with Crippen LogP contribution in [0.4, 0.5) is 5.82 Å². The van der Waals surface area contributed by atoms with E-state index in [1.807, 2.05) is 6.07 Å². The smallest absolute Gasteiger partial charge is 0.131 e. The van der Waals surface area contributed by atoms with Crippen LogP contribution in [0.25, 0.3) is 11.3 Å². The van der Waals surface area contributed by atoms with E-state index in [9.17, 15) is 0 Å². The number of anilines is 1. The number of hydrogen-bond acceptors (Lipinski definition) is 3. The third kappa shape index (κ3) is 2.81. The van der Waals surface area contributed by atoms with E-state index < -0.39 is 0 Å². The molecule has 112 valence electrons. The van der Waals surface area contributed by atoms with Crippen molar-refractivity contribution in [3.05, 3.63) is 35.7 Å². The Labute approximate surface area is 125 Å². The summed E-state index contributed by atoms with van der Waals surface area (Å²) in [7, 11) is 1.71. The Hall–Kier alpha value is -1.81. The molecule has 0 radical (unpaired) electrons. The molecule has 1 heterocycles. The highest BCUT2D eigenvalue weighted by Gasteiger charge is 2.30. The number of ether oxygens (including phenoxy) is 1. The maximum atomic E-state index is 6.38. The number of aromatic nitrogens is 2. The number of rotatable bonds is 6. The van der Waals surface area contributed by atoms with E-state index in [1.54, 1.807) is 7.11 Å². The number of nitrogen functional groups attached to an aromatic ring is 1. The molecule has 0 saturated heterocycles. The molecule has 1 aliphatic rings. The SMILES string of the molecule is CCCn1c(C2CC2)nc(-c2cccc(COC)c2)c1N. The van der Waals surface area contributed by atoms with E-state index in [2.05, 4.69) is 29.7 Å². The Balaban J connectivity index is 2.01. The number of nitrogens with two attached hydrogens (primary N) is 1. The van der Waals surface area contributed by atoms with Crippen LogP contribution in [-0.2, 0) is 17.9 Å². The Bertz CT molecular complexity index is 629. The van der Waals surface area contributed by atoms with Crippen LogP contribution >= 0.6 is 0 Å². The molecule has 21 heavy (non-hydrogen) atoms. The van der Waals surface area contributed by atoms with Crippen LogP contribution in [-0.4, -0.2) is 16.7 Å². The first-order chi connectivity index (χ1) is 10.2. The lowest BCUT2D eigenvalue weighted by atomic mass is 10.1. The predicted molar refractivity (Wildman–Crippen MR) is 85.1 cm³/mol. The number of hydrogen-bond donors (Lipinski definition) is 1. The summed E-state index contributed by atoms with van der Waals surface area (Å²) >= 11 is 0. The third-order valence-electron chi connectivity index (χ3n) is 3.94. The second-order valence-electron chi connectivity index (χ2n) is 5.76. The van der Waals surface area contributed by atoms with Gasteiger partial charge in [0.05, 0.1) is 6.61 Å². The maximum Gasteiger partial charge on any atom is 0.131 e. The molecule has 1 saturated carbocycles. The summed E-state index contributed by atoms with van der Waals surface area (Å²) in [5.74, 6) is 2.57. The van der Waals surface area contributed by atoms with Gasteiger partial charge < -0.3 is 15.0 Å². The molecule has 1 aliphatic carbocycles. The van der Waals surface area contributed by atoms with Crippen LogP contribution in [0.3, 0.4) is 0 Å². The van der Waals surface area contributed by atoms with Crippen molar-refractivity contribution in [2.45, 2.75) is 45.3 Å². The van der Waals surface area contributed by atoms with E-state index in [0.29, 0.717) is 12.5 Å². The van der Waals surface area contributed by atoms with E-state index in [0.717, 1.165) is 35.6 Å². The standard InChI is InChI=1S/C17H23N3O/c1-3-9-20-16(18)15(19-17(20)13-7-8-13)14-6-4-5-12(10-14)11-21-2/h4-6,10,13H,3,7-9,11,18H2,1-2H3. The van der Waals surface area contributed by atoms with Gasteiger partial charge in [0.25, 0.3) is 0 Å². The number of imidazole rings is 1. The van der Waals surface area contributed by atoms with Crippen molar-refractivity contribution < 1.29 is 4.74 Å². The van der Waals surface area contributed by atoms with Crippen molar-refractivity contribution in [1.29, 1.82) is 0 Å². The predicted octanol–water partition coefficient (Wildman–Crippen LogP) is 3.57. The van der Waals surface area contributed by atoms with Crippen molar-refractivity contribution in [3.8, 4) is 11.3 Å². The molecule has 0 atom stereocenters. The molecule has 4 heteroatoms. The van der Waals surface area contributed by atoms with Gasteiger partial charge in [0.2, 0.25) is 0 Å². The fourth-order valence-corrected chi connectivity index (χ4v) is 2.78. The van der Waals surface area contributed by atoms with Crippen LogP contribution in [0.1, 0.15) is 43.5 Å². The van der Waals surface area contributed by atoms with Crippen LogP contribution in [0.5, 0.6) is 0 Å². The average Bonchev–Trinajstić information content (AvgIpc) is 3.27. The highest BCUT2D eigenvalue weighted by atomic mass is 16.5. The van der Waals surface area contributed by atoms with Crippen molar-refractivity contribution >= 4 is 5.82 Å². The first-order valence-electron chi connectivity index (χ1n) is 7.68. The molecular weight excluding hydrogens is 262 g/mol. The second kappa shape index (κ2) is 5.90. The van der Waals surface area contributed by atoms with Gasteiger partial charge in [0.15, 0.2) is 0 Å². The summed E-state index contributed by atoms with van der Waals surface area (Å²) in [6.45, 7) is 3.73. The lowest BCUT2D eigenvalue weighted by Crippen LogP contribution is -2.06. The van der Waals surface area contributed by atoms with Crippen molar-refractivity contribution in [2.24, 2.45) is 0 Å². The second-order valence-corrected chi connectivity index (χ2v) is 5.76. The Morgan fingerprint density at radius 2 is 2.19 bits per heavy atom. The molecule has 1 fully saturated rings. The monoisotopic (exact) mass is 285 g/mol.